The first-order valence-electron chi connectivity index (χ1n) is 10.7. The van der Waals surface area contributed by atoms with Crippen LogP contribution in [-0.4, -0.2) is 59.9 Å². The molecule has 0 bridgehead atoms. The number of hydrogen-bond acceptors (Lipinski definition) is 5. The first-order valence-corrected chi connectivity index (χ1v) is 10.7. The molecule has 7 heteroatoms. The third kappa shape index (κ3) is 3.42. The minimum atomic E-state index is -0.440. The highest BCUT2D eigenvalue weighted by Gasteiger charge is 2.62. The van der Waals surface area contributed by atoms with Gasteiger partial charge < -0.3 is 19.3 Å². The van der Waals surface area contributed by atoms with E-state index in [9.17, 15) is 9.59 Å². The van der Waals surface area contributed by atoms with Crippen molar-refractivity contribution in [1.82, 2.24) is 14.8 Å². The van der Waals surface area contributed by atoms with Gasteiger partial charge in [0.25, 0.3) is 5.91 Å². The van der Waals surface area contributed by atoms with Crippen molar-refractivity contribution in [1.29, 1.82) is 0 Å². The summed E-state index contributed by atoms with van der Waals surface area (Å²) in [6.45, 7) is 5.16. The molecule has 0 radical (unpaired) electrons. The third-order valence-corrected chi connectivity index (χ3v) is 6.54. The Hall–Kier alpha value is -3.09. The highest BCUT2D eigenvalue weighted by atomic mass is 16.5. The fraction of sp³-hybridized carbons (Fsp3) is 0.458. The van der Waals surface area contributed by atoms with E-state index in [2.05, 4.69) is 31.0 Å². The average Bonchev–Trinajstić information content (AvgIpc) is 2.81. The van der Waals surface area contributed by atoms with Crippen molar-refractivity contribution in [3.05, 3.63) is 53.6 Å². The molecule has 2 aliphatic rings. The molecule has 2 amide bonds. The zero-order valence-electron chi connectivity index (χ0n) is 18.5. The summed E-state index contributed by atoms with van der Waals surface area (Å²) in [5, 5.41) is 0. The van der Waals surface area contributed by atoms with Crippen LogP contribution in [0, 0.1) is 5.41 Å². The highest BCUT2D eigenvalue weighted by molar-refractivity contribution is 5.97. The molecule has 2 fully saturated rings. The summed E-state index contributed by atoms with van der Waals surface area (Å²) in [5.74, 6) is 0.709. The second kappa shape index (κ2) is 8.21. The van der Waals surface area contributed by atoms with Crippen LogP contribution < -0.4 is 9.47 Å². The first-order chi connectivity index (χ1) is 14.9. The van der Waals surface area contributed by atoms with Crippen molar-refractivity contribution in [3.8, 4) is 11.8 Å². The Balaban J connectivity index is 1.55. The lowest BCUT2D eigenvalue weighted by Gasteiger charge is -2.60. The Morgan fingerprint density at radius 2 is 1.74 bits per heavy atom. The summed E-state index contributed by atoms with van der Waals surface area (Å²) in [5.41, 5.74) is 1.13. The zero-order chi connectivity index (χ0) is 22.2. The van der Waals surface area contributed by atoms with E-state index in [0.717, 1.165) is 5.56 Å². The molecule has 0 N–H and O–H groups in total. The Labute approximate surface area is 183 Å². The van der Waals surface area contributed by atoms with Crippen molar-refractivity contribution in [2.75, 3.05) is 27.3 Å². The van der Waals surface area contributed by atoms with Gasteiger partial charge in [-0.25, -0.2) is 0 Å². The van der Waals surface area contributed by atoms with E-state index in [-0.39, 0.29) is 29.8 Å². The normalized spacial score (nSPS) is 20.0. The van der Waals surface area contributed by atoms with Crippen molar-refractivity contribution < 1.29 is 19.1 Å². The lowest BCUT2D eigenvalue weighted by atomic mass is 9.61. The molecule has 164 valence electrons. The number of carbonyl (C=O) groups excluding carboxylic acids is 2. The number of hydrogen-bond donors (Lipinski definition) is 0. The molecule has 1 unspecified atom stereocenters. The Morgan fingerprint density at radius 3 is 2.32 bits per heavy atom. The van der Waals surface area contributed by atoms with Crippen molar-refractivity contribution >= 4 is 11.8 Å². The topological polar surface area (TPSA) is 72.0 Å². The molecule has 31 heavy (non-hydrogen) atoms. The van der Waals surface area contributed by atoms with Gasteiger partial charge in [0.05, 0.1) is 25.7 Å². The fourth-order valence-electron chi connectivity index (χ4n) is 4.96. The van der Waals surface area contributed by atoms with Crippen LogP contribution in [0.25, 0.3) is 0 Å². The average molecular weight is 424 g/mol. The molecule has 2 saturated heterocycles. The van der Waals surface area contributed by atoms with Gasteiger partial charge in [0.2, 0.25) is 17.7 Å². The van der Waals surface area contributed by atoms with Gasteiger partial charge in [-0.05, 0) is 38.3 Å². The van der Waals surface area contributed by atoms with E-state index < -0.39 is 5.41 Å². The van der Waals surface area contributed by atoms with E-state index in [1.54, 1.807) is 17.0 Å². The number of ether oxygens (including phenoxy) is 2. The van der Waals surface area contributed by atoms with Crippen LogP contribution in [-0.2, 0) is 4.79 Å². The SMILES string of the molecule is COc1ccc(C(=O)N2CCC3(CC2)C(=O)N(C(C)C)C3c2ccccc2)c(OC)n1. The van der Waals surface area contributed by atoms with Gasteiger partial charge >= 0.3 is 0 Å². The minimum Gasteiger partial charge on any atom is -0.481 e. The quantitative estimate of drug-likeness (QED) is 0.690. The number of rotatable bonds is 5. The summed E-state index contributed by atoms with van der Waals surface area (Å²) in [4.78, 5) is 34.4. The molecule has 2 aromatic rings. The molecule has 4 rings (SSSR count). The predicted octanol–water partition coefficient (Wildman–Crippen LogP) is 3.31. The van der Waals surface area contributed by atoms with Gasteiger partial charge in [-0.1, -0.05) is 30.3 Å². The Kier molecular flexibility index (Phi) is 5.60. The van der Waals surface area contributed by atoms with Gasteiger partial charge in [-0.15, -0.1) is 0 Å². The summed E-state index contributed by atoms with van der Waals surface area (Å²) in [6, 6.07) is 13.8. The molecule has 3 heterocycles. The predicted molar refractivity (Wildman–Crippen MR) is 116 cm³/mol. The number of pyridine rings is 1. The fourth-order valence-corrected chi connectivity index (χ4v) is 4.96. The molecule has 0 aliphatic carbocycles. The van der Waals surface area contributed by atoms with Gasteiger partial charge in [-0.3, -0.25) is 9.59 Å². The van der Waals surface area contributed by atoms with Crippen LogP contribution in [0.4, 0.5) is 0 Å². The van der Waals surface area contributed by atoms with Crippen LogP contribution in [0.2, 0.25) is 0 Å². The number of β-lactam (4-membered cyclic amide) rings is 1. The minimum absolute atomic E-state index is 0.0515. The lowest BCUT2D eigenvalue weighted by Crippen LogP contribution is -2.68. The van der Waals surface area contributed by atoms with Crippen molar-refractivity contribution in [3.63, 3.8) is 0 Å². The molecule has 1 aromatic carbocycles. The zero-order valence-corrected chi connectivity index (χ0v) is 18.5. The Morgan fingerprint density at radius 1 is 1.06 bits per heavy atom. The number of benzene rings is 1. The summed E-state index contributed by atoms with van der Waals surface area (Å²) in [6.07, 6.45) is 1.29. The largest absolute Gasteiger partial charge is 0.481 e. The number of methoxy groups -OCH3 is 2. The first kappa shape index (κ1) is 21.2. The smallest absolute Gasteiger partial charge is 0.259 e. The van der Waals surface area contributed by atoms with Crippen LogP contribution in [0.15, 0.2) is 42.5 Å². The molecule has 7 nitrogen and oxygen atoms in total. The van der Waals surface area contributed by atoms with Crippen LogP contribution in [0.5, 0.6) is 11.8 Å². The lowest BCUT2D eigenvalue weighted by molar-refractivity contribution is -0.184. The van der Waals surface area contributed by atoms with Gasteiger partial charge in [-0.2, -0.15) is 4.98 Å². The second-order valence-corrected chi connectivity index (χ2v) is 8.48. The number of piperidine rings is 1. The molecule has 0 saturated carbocycles. The van der Waals surface area contributed by atoms with E-state index >= 15 is 0 Å². The molecule has 1 spiro atoms. The molecular formula is C24H29N3O4. The standard InChI is InChI=1S/C24H29N3O4/c1-16(2)27-20(17-8-6-5-7-9-17)24(23(27)29)12-14-26(15-13-24)22(28)18-10-11-19(30-3)25-21(18)31-4/h5-11,16,20H,12-15H2,1-4H3. The maximum Gasteiger partial charge on any atom is 0.259 e. The molecule has 2 aliphatic heterocycles. The third-order valence-electron chi connectivity index (χ3n) is 6.54. The summed E-state index contributed by atoms with van der Waals surface area (Å²) >= 11 is 0. The molecular weight excluding hydrogens is 394 g/mol. The maximum absolute atomic E-state index is 13.3. The van der Waals surface area contributed by atoms with E-state index in [1.165, 1.54) is 14.2 Å². The van der Waals surface area contributed by atoms with Gasteiger partial charge in [0.15, 0.2) is 0 Å². The van der Waals surface area contributed by atoms with Crippen LogP contribution in [0.1, 0.15) is 48.7 Å². The van der Waals surface area contributed by atoms with Crippen molar-refractivity contribution in [2.45, 2.75) is 38.8 Å². The van der Waals surface area contributed by atoms with Crippen LogP contribution >= 0.6 is 0 Å². The highest BCUT2D eigenvalue weighted by Crippen LogP contribution is 2.56. The number of amides is 2. The second-order valence-electron chi connectivity index (χ2n) is 8.48. The maximum atomic E-state index is 13.3. The molecule has 1 atom stereocenters. The number of likely N-dealkylation sites (tertiary alicyclic amines) is 2. The number of carbonyl (C=O) groups is 2. The van der Waals surface area contributed by atoms with Gasteiger partial charge in [0.1, 0.15) is 5.56 Å². The summed E-state index contributed by atoms with van der Waals surface area (Å²) < 4.78 is 10.4. The van der Waals surface area contributed by atoms with Crippen molar-refractivity contribution in [2.24, 2.45) is 5.41 Å². The summed E-state index contributed by atoms with van der Waals surface area (Å²) in [7, 11) is 3.01. The van der Waals surface area contributed by atoms with Crippen LogP contribution in [0.3, 0.4) is 0 Å². The number of aromatic nitrogens is 1. The van der Waals surface area contributed by atoms with E-state index in [4.69, 9.17) is 9.47 Å². The van der Waals surface area contributed by atoms with E-state index in [0.29, 0.717) is 37.4 Å². The molecule has 1 aromatic heterocycles. The van der Waals surface area contributed by atoms with E-state index in [1.807, 2.05) is 23.1 Å². The van der Waals surface area contributed by atoms with Gasteiger partial charge in [0, 0.05) is 25.2 Å². The monoisotopic (exact) mass is 423 g/mol. The number of nitrogens with zero attached hydrogens (tertiary/aromatic N) is 3. The Bertz CT molecular complexity index is 968.